The molecule has 2 nitrogen and oxygen atoms in total. The van der Waals surface area contributed by atoms with E-state index in [0.717, 1.165) is 13.0 Å². The number of nitrogens with zero attached hydrogens (tertiary/aromatic N) is 1. The quantitative estimate of drug-likeness (QED) is 0.747. The van der Waals surface area contributed by atoms with Crippen LogP contribution in [0.3, 0.4) is 0 Å². The van der Waals surface area contributed by atoms with E-state index in [2.05, 4.69) is 13.8 Å². The van der Waals surface area contributed by atoms with Gasteiger partial charge in [-0.15, -0.1) is 0 Å². The minimum atomic E-state index is -0.258. The predicted octanol–water partition coefficient (Wildman–Crippen LogP) is 3.39. The van der Waals surface area contributed by atoms with Crippen molar-refractivity contribution in [3.05, 3.63) is 35.1 Å². The third kappa shape index (κ3) is 2.55. The summed E-state index contributed by atoms with van der Waals surface area (Å²) in [5, 5.41) is 0. The Morgan fingerprint density at radius 2 is 2.06 bits per heavy atom. The summed E-state index contributed by atoms with van der Waals surface area (Å²) < 4.78 is 13.2. The zero-order valence-corrected chi connectivity index (χ0v) is 11.2. The number of carbonyl (C=O) groups is 1. The van der Waals surface area contributed by atoms with Crippen molar-refractivity contribution < 1.29 is 9.18 Å². The third-order valence-corrected chi connectivity index (χ3v) is 3.78. The van der Waals surface area contributed by atoms with Crippen LogP contribution in [0.15, 0.2) is 18.2 Å². The van der Waals surface area contributed by atoms with Gasteiger partial charge in [0.15, 0.2) is 0 Å². The summed E-state index contributed by atoms with van der Waals surface area (Å²) in [6, 6.07) is 4.88. The van der Waals surface area contributed by atoms with Gasteiger partial charge in [-0.05, 0) is 56.4 Å². The molecule has 0 radical (unpaired) electrons. The molecule has 1 aromatic carbocycles. The van der Waals surface area contributed by atoms with Crippen LogP contribution in [0.4, 0.5) is 4.39 Å². The van der Waals surface area contributed by atoms with Crippen molar-refractivity contribution in [2.45, 2.75) is 39.7 Å². The monoisotopic (exact) mass is 249 g/mol. The van der Waals surface area contributed by atoms with Gasteiger partial charge in [-0.2, -0.15) is 0 Å². The van der Waals surface area contributed by atoms with E-state index in [9.17, 15) is 9.18 Å². The predicted molar refractivity (Wildman–Crippen MR) is 70.0 cm³/mol. The number of piperidine rings is 1. The number of halogens is 1. The lowest BCUT2D eigenvalue weighted by Gasteiger charge is -2.37. The normalized spacial score (nSPS) is 24.1. The average Bonchev–Trinajstić information content (AvgIpc) is 2.35. The van der Waals surface area contributed by atoms with Crippen molar-refractivity contribution in [2.75, 3.05) is 6.54 Å². The van der Waals surface area contributed by atoms with Crippen LogP contribution in [0.2, 0.25) is 0 Å². The lowest BCUT2D eigenvalue weighted by Crippen LogP contribution is -2.44. The summed E-state index contributed by atoms with van der Waals surface area (Å²) in [6.45, 7) is 6.74. The highest BCUT2D eigenvalue weighted by atomic mass is 19.1. The lowest BCUT2D eigenvalue weighted by atomic mass is 9.94. The van der Waals surface area contributed by atoms with E-state index in [1.807, 2.05) is 4.90 Å². The molecule has 18 heavy (non-hydrogen) atoms. The van der Waals surface area contributed by atoms with Crippen LogP contribution in [0.1, 0.15) is 42.6 Å². The highest BCUT2D eigenvalue weighted by molar-refractivity contribution is 5.94. The van der Waals surface area contributed by atoms with E-state index < -0.39 is 0 Å². The van der Waals surface area contributed by atoms with Crippen LogP contribution in [0, 0.1) is 18.7 Å². The maximum absolute atomic E-state index is 13.2. The molecule has 2 rings (SSSR count). The molecule has 0 aliphatic carbocycles. The highest BCUT2D eigenvalue weighted by Gasteiger charge is 2.27. The van der Waals surface area contributed by atoms with Crippen LogP contribution in [-0.4, -0.2) is 23.4 Å². The SMILES string of the molecule is Cc1cc(C(=O)N2CC(C)CCC2C)ccc1F. The standard InChI is InChI=1S/C15H20FNO/c1-10-4-5-12(3)17(9-10)15(18)13-6-7-14(16)11(2)8-13/h6-8,10,12H,4-5,9H2,1-3H3. The minimum absolute atomic E-state index is 0.0251. The molecule has 1 aliphatic rings. The minimum Gasteiger partial charge on any atom is -0.336 e. The van der Waals surface area contributed by atoms with Crippen molar-refractivity contribution >= 4 is 5.91 Å². The zero-order chi connectivity index (χ0) is 13.3. The van der Waals surface area contributed by atoms with Gasteiger partial charge in [0.05, 0.1) is 0 Å². The molecule has 98 valence electrons. The fourth-order valence-electron chi connectivity index (χ4n) is 2.52. The number of likely N-dealkylation sites (tertiary alicyclic amines) is 1. The molecular weight excluding hydrogens is 229 g/mol. The van der Waals surface area contributed by atoms with E-state index in [4.69, 9.17) is 0 Å². The first-order valence-electron chi connectivity index (χ1n) is 6.56. The maximum Gasteiger partial charge on any atom is 0.254 e. The number of hydrogen-bond acceptors (Lipinski definition) is 1. The smallest absolute Gasteiger partial charge is 0.254 e. The Balaban J connectivity index is 2.21. The average molecular weight is 249 g/mol. The Labute approximate surface area is 108 Å². The maximum atomic E-state index is 13.2. The molecule has 1 heterocycles. The van der Waals surface area contributed by atoms with Crippen molar-refractivity contribution in [3.8, 4) is 0 Å². The molecule has 1 aliphatic heterocycles. The van der Waals surface area contributed by atoms with E-state index in [1.165, 1.54) is 12.5 Å². The second-order valence-electron chi connectivity index (χ2n) is 5.45. The van der Waals surface area contributed by atoms with Gasteiger partial charge in [0.1, 0.15) is 5.82 Å². The van der Waals surface area contributed by atoms with Gasteiger partial charge < -0.3 is 4.90 Å². The largest absolute Gasteiger partial charge is 0.336 e. The van der Waals surface area contributed by atoms with Gasteiger partial charge >= 0.3 is 0 Å². The van der Waals surface area contributed by atoms with Crippen LogP contribution >= 0.6 is 0 Å². The molecule has 3 heteroatoms. The molecule has 0 bridgehead atoms. The first kappa shape index (κ1) is 13.1. The molecule has 0 saturated carbocycles. The van der Waals surface area contributed by atoms with Crippen LogP contribution < -0.4 is 0 Å². The molecule has 1 saturated heterocycles. The Hall–Kier alpha value is -1.38. The summed E-state index contributed by atoms with van der Waals surface area (Å²) in [4.78, 5) is 14.3. The fraction of sp³-hybridized carbons (Fsp3) is 0.533. The van der Waals surface area contributed by atoms with Crippen LogP contribution in [-0.2, 0) is 0 Å². The number of carbonyl (C=O) groups excluding carboxylic acids is 1. The van der Waals surface area contributed by atoms with Gasteiger partial charge in [-0.3, -0.25) is 4.79 Å². The third-order valence-electron chi connectivity index (χ3n) is 3.78. The molecule has 0 spiro atoms. The Morgan fingerprint density at radius 3 is 2.72 bits per heavy atom. The Bertz CT molecular complexity index is 458. The molecule has 2 atom stereocenters. The fourth-order valence-corrected chi connectivity index (χ4v) is 2.52. The van der Waals surface area contributed by atoms with E-state index in [-0.39, 0.29) is 17.8 Å². The second-order valence-corrected chi connectivity index (χ2v) is 5.45. The van der Waals surface area contributed by atoms with Gasteiger partial charge in [0.25, 0.3) is 5.91 Å². The number of benzene rings is 1. The number of aryl methyl sites for hydroxylation is 1. The summed E-state index contributed by atoms with van der Waals surface area (Å²) in [6.07, 6.45) is 2.22. The van der Waals surface area contributed by atoms with E-state index >= 15 is 0 Å². The number of rotatable bonds is 1. The van der Waals surface area contributed by atoms with Crippen molar-refractivity contribution in [3.63, 3.8) is 0 Å². The summed E-state index contributed by atoms with van der Waals surface area (Å²) in [5.41, 5.74) is 1.12. The Morgan fingerprint density at radius 1 is 1.33 bits per heavy atom. The second kappa shape index (κ2) is 5.09. The van der Waals surface area contributed by atoms with E-state index in [0.29, 0.717) is 17.0 Å². The molecule has 1 amide bonds. The topological polar surface area (TPSA) is 20.3 Å². The van der Waals surface area contributed by atoms with Crippen molar-refractivity contribution in [2.24, 2.45) is 5.92 Å². The van der Waals surface area contributed by atoms with Gasteiger partial charge in [-0.25, -0.2) is 4.39 Å². The zero-order valence-electron chi connectivity index (χ0n) is 11.2. The van der Waals surface area contributed by atoms with Crippen LogP contribution in [0.5, 0.6) is 0 Å². The van der Waals surface area contributed by atoms with Gasteiger partial charge in [0, 0.05) is 18.2 Å². The first-order chi connectivity index (χ1) is 8.49. The molecule has 2 unspecified atom stereocenters. The van der Waals surface area contributed by atoms with Gasteiger partial charge in [0.2, 0.25) is 0 Å². The number of amides is 1. The lowest BCUT2D eigenvalue weighted by molar-refractivity contribution is 0.0574. The molecule has 1 aromatic rings. The van der Waals surface area contributed by atoms with E-state index in [1.54, 1.807) is 19.1 Å². The van der Waals surface area contributed by atoms with Gasteiger partial charge in [-0.1, -0.05) is 6.92 Å². The Kier molecular flexibility index (Phi) is 3.69. The molecule has 1 fully saturated rings. The highest BCUT2D eigenvalue weighted by Crippen LogP contribution is 2.23. The summed E-state index contributed by atoms with van der Waals surface area (Å²) >= 11 is 0. The van der Waals surface area contributed by atoms with Crippen LogP contribution in [0.25, 0.3) is 0 Å². The van der Waals surface area contributed by atoms with Crippen molar-refractivity contribution in [1.82, 2.24) is 4.90 Å². The van der Waals surface area contributed by atoms with Crippen molar-refractivity contribution in [1.29, 1.82) is 0 Å². The number of hydrogen-bond donors (Lipinski definition) is 0. The summed E-state index contributed by atoms with van der Waals surface area (Å²) in [7, 11) is 0. The first-order valence-corrected chi connectivity index (χ1v) is 6.56. The molecule has 0 aromatic heterocycles. The molecule has 0 N–H and O–H groups in total. The molecular formula is C15H20FNO. The summed E-state index contributed by atoms with van der Waals surface area (Å²) in [5.74, 6) is 0.315.